The highest BCUT2D eigenvalue weighted by Crippen LogP contribution is 2.19. The molecule has 0 amide bonds. The summed E-state index contributed by atoms with van der Waals surface area (Å²) in [4.78, 5) is 14.4. The number of nitro groups is 1. The van der Waals surface area contributed by atoms with Crippen molar-refractivity contribution < 1.29 is 4.92 Å². The summed E-state index contributed by atoms with van der Waals surface area (Å²) >= 11 is 0. The Hall–Kier alpha value is -3.16. The zero-order valence-corrected chi connectivity index (χ0v) is 10.1. The van der Waals surface area contributed by atoms with Crippen LogP contribution in [-0.2, 0) is 0 Å². The molecule has 0 aliphatic carbocycles. The first-order valence-electron chi connectivity index (χ1n) is 5.70. The number of nitrogens with zero attached hydrogens (tertiary/aromatic N) is 6. The van der Waals surface area contributed by atoms with Gasteiger partial charge in [0.1, 0.15) is 5.69 Å². The highest BCUT2D eigenvalue weighted by molar-refractivity contribution is 5.52. The lowest BCUT2D eigenvalue weighted by Crippen LogP contribution is -2.01. The van der Waals surface area contributed by atoms with Gasteiger partial charge in [-0.2, -0.15) is 4.68 Å². The molecule has 0 aliphatic heterocycles. The minimum absolute atomic E-state index is 0.0150. The van der Waals surface area contributed by atoms with E-state index in [-0.39, 0.29) is 5.69 Å². The molecule has 0 aliphatic rings. The largest absolute Gasteiger partial charge is 0.269 e. The predicted octanol–water partition coefficient (Wildman–Crippen LogP) is 1.63. The topological polar surface area (TPSA) is 99.6 Å². The zero-order valence-electron chi connectivity index (χ0n) is 10.1. The van der Waals surface area contributed by atoms with Gasteiger partial charge in [0.2, 0.25) is 5.82 Å². The van der Waals surface area contributed by atoms with Crippen molar-refractivity contribution in [1.82, 2.24) is 25.2 Å². The lowest BCUT2D eigenvalue weighted by molar-refractivity contribution is -0.384. The first-order chi connectivity index (χ1) is 9.75. The van der Waals surface area contributed by atoms with Crippen molar-refractivity contribution in [2.75, 3.05) is 0 Å². The molecule has 2 heterocycles. The average molecular weight is 268 g/mol. The Labute approximate surface area is 112 Å². The number of pyridine rings is 1. The second-order valence-electron chi connectivity index (χ2n) is 3.90. The fourth-order valence-electron chi connectivity index (χ4n) is 1.73. The van der Waals surface area contributed by atoms with Crippen LogP contribution in [0.5, 0.6) is 0 Å². The van der Waals surface area contributed by atoms with Gasteiger partial charge in [-0.3, -0.25) is 15.1 Å². The second-order valence-corrected chi connectivity index (χ2v) is 3.90. The van der Waals surface area contributed by atoms with Gasteiger partial charge in [0.15, 0.2) is 0 Å². The van der Waals surface area contributed by atoms with Crippen molar-refractivity contribution in [3.8, 4) is 17.2 Å². The van der Waals surface area contributed by atoms with Crippen molar-refractivity contribution in [1.29, 1.82) is 0 Å². The van der Waals surface area contributed by atoms with Crippen LogP contribution in [0.3, 0.4) is 0 Å². The maximum atomic E-state index is 10.6. The van der Waals surface area contributed by atoms with Gasteiger partial charge in [-0.05, 0) is 34.7 Å². The van der Waals surface area contributed by atoms with E-state index in [1.54, 1.807) is 30.5 Å². The minimum atomic E-state index is -0.455. The fraction of sp³-hybridized carbons (Fsp3) is 0. The van der Waals surface area contributed by atoms with Crippen LogP contribution in [0.1, 0.15) is 0 Å². The van der Waals surface area contributed by atoms with E-state index >= 15 is 0 Å². The third-order valence-corrected chi connectivity index (χ3v) is 2.67. The summed E-state index contributed by atoms with van der Waals surface area (Å²) in [5.41, 5.74) is 1.26. The van der Waals surface area contributed by atoms with Gasteiger partial charge in [0, 0.05) is 18.3 Å². The lowest BCUT2D eigenvalue weighted by Gasteiger charge is -2.03. The second kappa shape index (κ2) is 4.84. The summed E-state index contributed by atoms with van der Waals surface area (Å²) in [6.07, 6.45) is 1.64. The molecule has 8 nitrogen and oxygen atoms in total. The Kier molecular flexibility index (Phi) is 2.88. The summed E-state index contributed by atoms with van der Waals surface area (Å²) in [6, 6.07) is 11.4. The molecule has 1 aromatic carbocycles. The quantitative estimate of drug-likeness (QED) is 0.528. The van der Waals surface area contributed by atoms with Gasteiger partial charge >= 0.3 is 0 Å². The maximum Gasteiger partial charge on any atom is 0.269 e. The number of hydrogen-bond acceptors (Lipinski definition) is 6. The molecular formula is C12H8N6O2. The van der Waals surface area contributed by atoms with Gasteiger partial charge in [-0.1, -0.05) is 6.07 Å². The monoisotopic (exact) mass is 268 g/mol. The van der Waals surface area contributed by atoms with Gasteiger partial charge < -0.3 is 0 Å². The van der Waals surface area contributed by atoms with Crippen molar-refractivity contribution in [3.05, 3.63) is 58.8 Å². The van der Waals surface area contributed by atoms with E-state index in [1.165, 1.54) is 16.8 Å². The van der Waals surface area contributed by atoms with E-state index < -0.39 is 4.92 Å². The predicted molar refractivity (Wildman–Crippen MR) is 69.0 cm³/mol. The van der Waals surface area contributed by atoms with E-state index in [1.807, 2.05) is 6.07 Å². The van der Waals surface area contributed by atoms with Gasteiger partial charge in [0.05, 0.1) is 10.6 Å². The van der Waals surface area contributed by atoms with Crippen LogP contribution < -0.4 is 0 Å². The standard InChI is InChI=1S/C12H8N6O2/c19-18(20)10-6-4-9(5-7-10)17-12(14-15-16-17)11-3-1-2-8-13-11/h1-8H. The normalized spacial score (nSPS) is 10.4. The van der Waals surface area contributed by atoms with Crippen LogP contribution in [0.2, 0.25) is 0 Å². The number of benzene rings is 1. The summed E-state index contributed by atoms with van der Waals surface area (Å²) < 4.78 is 1.48. The summed E-state index contributed by atoms with van der Waals surface area (Å²) in [7, 11) is 0. The van der Waals surface area contributed by atoms with Crippen molar-refractivity contribution in [3.63, 3.8) is 0 Å². The number of rotatable bonds is 3. The van der Waals surface area contributed by atoms with Crippen LogP contribution in [0.15, 0.2) is 48.7 Å². The molecule has 0 atom stereocenters. The first-order valence-corrected chi connectivity index (χ1v) is 5.70. The summed E-state index contributed by atoms with van der Waals surface area (Å²) in [6.45, 7) is 0. The van der Waals surface area contributed by atoms with Gasteiger partial charge in [-0.25, -0.2) is 0 Å². The molecule has 0 N–H and O–H groups in total. The highest BCUT2D eigenvalue weighted by Gasteiger charge is 2.12. The summed E-state index contributed by atoms with van der Waals surface area (Å²) in [5, 5.41) is 22.1. The third-order valence-electron chi connectivity index (χ3n) is 2.67. The molecule has 0 radical (unpaired) electrons. The molecule has 3 aromatic rings. The number of aromatic nitrogens is 5. The molecule has 0 saturated heterocycles. The van der Waals surface area contributed by atoms with E-state index in [9.17, 15) is 10.1 Å². The number of non-ortho nitro benzene ring substituents is 1. The number of nitro benzene ring substituents is 1. The highest BCUT2D eigenvalue weighted by atomic mass is 16.6. The Balaban J connectivity index is 2.04. The van der Waals surface area contributed by atoms with Crippen molar-refractivity contribution >= 4 is 5.69 Å². The Morgan fingerprint density at radius 1 is 1.10 bits per heavy atom. The van der Waals surface area contributed by atoms with E-state index in [2.05, 4.69) is 20.5 Å². The van der Waals surface area contributed by atoms with Crippen molar-refractivity contribution in [2.24, 2.45) is 0 Å². The molecule has 0 spiro atoms. The summed E-state index contributed by atoms with van der Waals surface area (Å²) in [5.74, 6) is 0.472. The van der Waals surface area contributed by atoms with Crippen LogP contribution in [0.4, 0.5) is 5.69 Å². The molecule has 8 heteroatoms. The van der Waals surface area contributed by atoms with E-state index in [4.69, 9.17) is 0 Å². The fourth-order valence-corrected chi connectivity index (χ4v) is 1.73. The molecular weight excluding hydrogens is 260 g/mol. The van der Waals surface area contributed by atoms with Crippen LogP contribution in [-0.4, -0.2) is 30.1 Å². The Morgan fingerprint density at radius 2 is 1.90 bits per heavy atom. The number of tetrazole rings is 1. The molecule has 0 saturated carbocycles. The van der Waals surface area contributed by atoms with Crippen molar-refractivity contribution in [2.45, 2.75) is 0 Å². The Morgan fingerprint density at radius 3 is 2.55 bits per heavy atom. The SMILES string of the molecule is O=[N+]([O-])c1ccc(-n2nnnc2-c2ccccn2)cc1. The number of hydrogen-bond donors (Lipinski definition) is 0. The minimum Gasteiger partial charge on any atom is -0.258 e. The Bertz CT molecular complexity index is 738. The molecule has 20 heavy (non-hydrogen) atoms. The molecule has 3 rings (SSSR count). The first kappa shape index (κ1) is 11.9. The zero-order chi connectivity index (χ0) is 13.9. The molecule has 0 bridgehead atoms. The molecule has 98 valence electrons. The van der Waals surface area contributed by atoms with Crippen LogP contribution in [0.25, 0.3) is 17.2 Å². The molecule has 2 aromatic heterocycles. The van der Waals surface area contributed by atoms with Gasteiger partial charge in [-0.15, -0.1) is 5.10 Å². The maximum absolute atomic E-state index is 10.6. The van der Waals surface area contributed by atoms with Gasteiger partial charge in [0.25, 0.3) is 5.69 Å². The van der Waals surface area contributed by atoms with Crippen LogP contribution >= 0.6 is 0 Å². The smallest absolute Gasteiger partial charge is 0.258 e. The molecule has 0 unspecified atom stereocenters. The molecule has 0 fully saturated rings. The third kappa shape index (κ3) is 2.09. The average Bonchev–Trinajstić information content (AvgIpc) is 2.97. The lowest BCUT2D eigenvalue weighted by atomic mass is 10.2. The van der Waals surface area contributed by atoms with E-state index in [0.717, 1.165) is 0 Å². The van der Waals surface area contributed by atoms with E-state index in [0.29, 0.717) is 17.2 Å². The van der Waals surface area contributed by atoms with Crippen LogP contribution in [0, 0.1) is 10.1 Å².